The van der Waals surface area contributed by atoms with Crippen molar-refractivity contribution in [3.05, 3.63) is 71.8 Å². The van der Waals surface area contributed by atoms with Crippen molar-refractivity contribution in [2.45, 2.75) is 13.8 Å². The molecule has 2 amide bonds. The molecule has 0 saturated heterocycles. The molecule has 0 aliphatic rings. The summed E-state index contributed by atoms with van der Waals surface area (Å²) in [5.74, 6) is -1.46. The van der Waals surface area contributed by atoms with Crippen LogP contribution in [0.4, 0.5) is 11.4 Å². The number of anilines is 2. The van der Waals surface area contributed by atoms with Crippen molar-refractivity contribution in [3.8, 4) is 16.3 Å². The zero-order valence-electron chi connectivity index (χ0n) is 16.4. The van der Waals surface area contributed by atoms with Crippen LogP contribution < -0.4 is 10.6 Å². The lowest BCUT2D eigenvalue weighted by Gasteiger charge is -2.09. The molecule has 4 rings (SSSR count). The topological polar surface area (TPSA) is 91.3 Å². The third kappa shape index (κ3) is 4.16. The minimum Gasteiger partial charge on any atom is -0.508 e. The Balaban J connectivity index is 1.44. The molecule has 6 nitrogen and oxygen atoms in total. The number of nitrogens with one attached hydrogen (secondary N) is 2. The van der Waals surface area contributed by atoms with Crippen molar-refractivity contribution in [1.82, 2.24) is 4.98 Å². The van der Waals surface area contributed by atoms with E-state index in [9.17, 15) is 14.7 Å². The Morgan fingerprint density at radius 1 is 0.900 bits per heavy atom. The van der Waals surface area contributed by atoms with E-state index < -0.39 is 11.8 Å². The van der Waals surface area contributed by atoms with Crippen molar-refractivity contribution in [1.29, 1.82) is 0 Å². The molecule has 0 bridgehead atoms. The zero-order chi connectivity index (χ0) is 21.3. The van der Waals surface area contributed by atoms with E-state index >= 15 is 0 Å². The molecular weight excluding hydrogens is 398 g/mol. The van der Waals surface area contributed by atoms with Gasteiger partial charge < -0.3 is 15.7 Å². The molecule has 0 fully saturated rings. The van der Waals surface area contributed by atoms with Crippen LogP contribution in [0.2, 0.25) is 0 Å². The number of carbonyl (C=O) groups excluding carboxylic acids is 2. The first-order chi connectivity index (χ1) is 14.4. The first-order valence-electron chi connectivity index (χ1n) is 9.28. The standard InChI is InChI=1S/C23H19N3O3S/c1-13-3-9-19-20(11-13)30-23(26-19)15-4-6-16(7-5-15)24-21(28)22(29)25-18-10-8-17(27)12-14(18)2/h3-12,27H,1-2H3,(H,24,28)(H,25,29). The van der Waals surface area contributed by atoms with Crippen LogP contribution in [0.25, 0.3) is 20.8 Å². The van der Waals surface area contributed by atoms with E-state index in [2.05, 4.69) is 28.6 Å². The quantitative estimate of drug-likeness (QED) is 0.328. The lowest BCUT2D eigenvalue weighted by Crippen LogP contribution is -2.29. The zero-order valence-corrected chi connectivity index (χ0v) is 17.2. The molecule has 7 heteroatoms. The van der Waals surface area contributed by atoms with Crippen molar-refractivity contribution in [2.24, 2.45) is 0 Å². The van der Waals surface area contributed by atoms with E-state index in [-0.39, 0.29) is 5.75 Å². The van der Waals surface area contributed by atoms with Crippen molar-refractivity contribution in [3.63, 3.8) is 0 Å². The summed E-state index contributed by atoms with van der Waals surface area (Å²) in [6.45, 7) is 3.78. The lowest BCUT2D eigenvalue weighted by atomic mass is 10.2. The maximum Gasteiger partial charge on any atom is 0.314 e. The first kappa shape index (κ1) is 19.6. The van der Waals surface area contributed by atoms with E-state index in [0.717, 1.165) is 20.8 Å². The molecule has 0 atom stereocenters. The number of nitrogens with zero attached hydrogens (tertiary/aromatic N) is 1. The maximum absolute atomic E-state index is 12.2. The van der Waals surface area contributed by atoms with Crippen LogP contribution in [0.5, 0.6) is 5.75 Å². The molecule has 0 unspecified atom stereocenters. The minimum absolute atomic E-state index is 0.0956. The van der Waals surface area contributed by atoms with Crippen LogP contribution in [0.1, 0.15) is 11.1 Å². The Labute approximate surface area is 177 Å². The van der Waals surface area contributed by atoms with E-state index in [4.69, 9.17) is 0 Å². The van der Waals surface area contributed by atoms with Gasteiger partial charge in [-0.2, -0.15) is 0 Å². The molecule has 3 N–H and O–H groups in total. The number of fused-ring (bicyclic) bond motifs is 1. The number of rotatable bonds is 3. The number of phenols is 1. The summed E-state index contributed by atoms with van der Waals surface area (Å²) in [5.41, 5.74) is 4.73. The van der Waals surface area contributed by atoms with Crippen LogP contribution in [0.3, 0.4) is 0 Å². The number of amides is 2. The molecule has 1 heterocycles. The minimum atomic E-state index is -0.783. The molecule has 0 radical (unpaired) electrons. The molecule has 0 aliphatic carbocycles. The van der Waals surface area contributed by atoms with Gasteiger partial charge in [0.2, 0.25) is 0 Å². The highest BCUT2D eigenvalue weighted by Crippen LogP contribution is 2.31. The van der Waals surface area contributed by atoms with Gasteiger partial charge in [0.1, 0.15) is 10.8 Å². The van der Waals surface area contributed by atoms with Crippen molar-refractivity contribution < 1.29 is 14.7 Å². The molecule has 0 spiro atoms. The summed E-state index contributed by atoms with van der Waals surface area (Å²) in [5, 5.41) is 15.5. The molecule has 0 saturated carbocycles. The second-order valence-corrected chi connectivity index (χ2v) is 8.01. The van der Waals surface area contributed by atoms with Gasteiger partial charge in [0.25, 0.3) is 0 Å². The third-order valence-electron chi connectivity index (χ3n) is 4.60. The monoisotopic (exact) mass is 417 g/mol. The largest absolute Gasteiger partial charge is 0.508 e. The van der Waals surface area contributed by atoms with Gasteiger partial charge in [-0.25, -0.2) is 4.98 Å². The highest BCUT2D eigenvalue weighted by molar-refractivity contribution is 7.21. The number of carbonyl (C=O) groups is 2. The molecule has 4 aromatic rings. The van der Waals surface area contributed by atoms with Gasteiger partial charge in [-0.3, -0.25) is 9.59 Å². The average Bonchev–Trinajstić information content (AvgIpc) is 3.13. The van der Waals surface area contributed by atoms with E-state index in [1.165, 1.54) is 17.7 Å². The van der Waals surface area contributed by atoms with E-state index in [1.54, 1.807) is 36.5 Å². The Hall–Kier alpha value is -3.71. The second kappa shape index (κ2) is 7.96. The van der Waals surface area contributed by atoms with Gasteiger partial charge in [-0.1, -0.05) is 6.07 Å². The van der Waals surface area contributed by atoms with Gasteiger partial charge in [-0.15, -0.1) is 11.3 Å². The highest BCUT2D eigenvalue weighted by Gasteiger charge is 2.15. The molecule has 1 aromatic heterocycles. The fourth-order valence-electron chi connectivity index (χ4n) is 3.01. The molecule has 3 aromatic carbocycles. The average molecular weight is 417 g/mol. The van der Waals surface area contributed by atoms with Gasteiger partial charge in [0.15, 0.2) is 0 Å². The molecule has 30 heavy (non-hydrogen) atoms. The number of hydrogen-bond donors (Lipinski definition) is 3. The fourth-order valence-corrected chi connectivity index (χ4v) is 4.08. The number of aromatic hydroxyl groups is 1. The van der Waals surface area contributed by atoms with E-state index in [1.807, 2.05) is 24.3 Å². The van der Waals surface area contributed by atoms with Gasteiger partial charge in [-0.05, 0) is 79.6 Å². The second-order valence-electron chi connectivity index (χ2n) is 6.98. The summed E-state index contributed by atoms with van der Waals surface area (Å²) >= 11 is 1.61. The SMILES string of the molecule is Cc1ccc2nc(-c3ccc(NC(=O)C(=O)Nc4ccc(O)cc4C)cc3)sc2c1. The van der Waals surface area contributed by atoms with Crippen molar-refractivity contribution in [2.75, 3.05) is 10.6 Å². The summed E-state index contributed by atoms with van der Waals surface area (Å²) in [6.07, 6.45) is 0. The Kier molecular flexibility index (Phi) is 5.20. The van der Waals surface area contributed by atoms with Gasteiger partial charge >= 0.3 is 11.8 Å². The van der Waals surface area contributed by atoms with Gasteiger partial charge in [0.05, 0.1) is 10.2 Å². The number of phenolic OH excluding ortho intramolecular Hbond substituents is 1. The first-order valence-corrected chi connectivity index (χ1v) is 10.1. The number of aryl methyl sites for hydroxylation is 2. The van der Waals surface area contributed by atoms with Crippen LogP contribution in [0, 0.1) is 13.8 Å². The summed E-state index contributed by atoms with van der Waals surface area (Å²) in [6, 6.07) is 17.9. The summed E-state index contributed by atoms with van der Waals surface area (Å²) in [7, 11) is 0. The smallest absolute Gasteiger partial charge is 0.314 e. The number of aromatic nitrogens is 1. The number of benzene rings is 3. The third-order valence-corrected chi connectivity index (χ3v) is 5.67. The predicted molar refractivity (Wildman–Crippen MR) is 120 cm³/mol. The van der Waals surface area contributed by atoms with Crippen LogP contribution in [-0.4, -0.2) is 21.9 Å². The normalized spacial score (nSPS) is 10.7. The number of hydrogen-bond acceptors (Lipinski definition) is 5. The summed E-state index contributed by atoms with van der Waals surface area (Å²) in [4.78, 5) is 29.0. The Morgan fingerprint density at radius 2 is 1.63 bits per heavy atom. The van der Waals surface area contributed by atoms with Crippen LogP contribution in [-0.2, 0) is 9.59 Å². The van der Waals surface area contributed by atoms with Gasteiger partial charge in [0, 0.05) is 16.9 Å². The Morgan fingerprint density at radius 3 is 2.37 bits per heavy atom. The predicted octanol–water partition coefficient (Wildman–Crippen LogP) is 4.86. The highest BCUT2D eigenvalue weighted by atomic mass is 32.1. The maximum atomic E-state index is 12.2. The lowest BCUT2D eigenvalue weighted by molar-refractivity contribution is -0.133. The fraction of sp³-hybridized carbons (Fsp3) is 0.0870. The van der Waals surface area contributed by atoms with Crippen molar-refractivity contribution >= 4 is 44.7 Å². The van der Waals surface area contributed by atoms with Crippen LogP contribution in [0.15, 0.2) is 60.7 Å². The molecular formula is C23H19N3O3S. The number of thiazole rings is 1. The Bertz CT molecular complexity index is 1260. The van der Waals surface area contributed by atoms with Crippen LogP contribution >= 0.6 is 11.3 Å². The molecule has 150 valence electrons. The molecule has 0 aliphatic heterocycles. The van der Waals surface area contributed by atoms with E-state index in [0.29, 0.717) is 16.9 Å². The summed E-state index contributed by atoms with van der Waals surface area (Å²) < 4.78 is 1.13.